The molecule has 1 aliphatic heterocycles. The van der Waals surface area contributed by atoms with Gasteiger partial charge in [0, 0.05) is 10.0 Å². The van der Waals surface area contributed by atoms with E-state index in [1.165, 1.54) is 18.2 Å². The molecule has 0 aliphatic carbocycles. The number of halogens is 2. The van der Waals surface area contributed by atoms with Gasteiger partial charge < -0.3 is 5.11 Å². The van der Waals surface area contributed by atoms with Crippen LogP contribution in [0.15, 0.2) is 18.2 Å². The Morgan fingerprint density at radius 2 is 1.78 bits per heavy atom. The van der Waals surface area contributed by atoms with E-state index in [-0.39, 0.29) is 0 Å². The molecule has 1 aliphatic rings. The molecule has 0 radical (unpaired) electrons. The van der Waals surface area contributed by atoms with Crippen LogP contribution in [0.3, 0.4) is 0 Å². The van der Waals surface area contributed by atoms with E-state index in [9.17, 15) is 9.59 Å². The highest BCUT2D eigenvalue weighted by molar-refractivity contribution is 6.35. The predicted molar refractivity (Wildman–Crippen MR) is 67.7 cm³/mol. The molecule has 0 bridgehead atoms. The number of carbonyl (C=O) groups is 2. The third-order valence-electron chi connectivity index (χ3n) is 2.74. The Hall–Kier alpha value is -1.30. The molecule has 1 fully saturated rings. The number of urea groups is 1. The Kier molecular flexibility index (Phi) is 3.47. The van der Waals surface area contributed by atoms with Gasteiger partial charge in [-0.3, -0.25) is 9.69 Å². The standard InChI is InChI=1S/C11H10Cl2N2O3/c1-6-10(17)15(11(18)14(6)5-16)9-3-7(12)2-8(13)4-9/h2-4,6,16H,5H2,1H3. The molecule has 1 saturated heterocycles. The van der Waals surface area contributed by atoms with Crippen LogP contribution in [0, 0.1) is 0 Å². The molecule has 1 aromatic rings. The summed E-state index contributed by atoms with van der Waals surface area (Å²) in [7, 11) is 0. The topological polar surface area (TPSA) is 60.9 Å². The number of rotatable bonds is 2. The van der Waals surface area contributed by atoms with Crippen molar-refractivity contribution < 1.29 is 14.7 Å². The van der Waals surface area contributed by atoms with Gasteiger partial charge >= 0.3 is 6.03 Å². The number of hydrogen-bond donors (Lipinski definition) is 1. The first kappa shape index (κ1) is 13.1. The summed E-state index contributed by atoms with van der Waals surface area (Å²) in [6, 6.07) is 3.15. The fraction of sp³-hybridized carbons (Fsp3) is 0.273. The van der Waals surface area contributed by atoms with Gasteiger partial charge in [0.2, 0.25) is 0 Å². The minimum atomic E-state index is -0.708. The molecule has 0 spiro atoms. The van der Waals surface area contributed by atoms with Crippen LogP contribution in [-0.4, -0.2) is 34.7 Å². The number of aliphatic hydroxyl groups excluding tert-OH is 1. The van der Waals surface area contributed by atoms with Gasteiger partial charge in [0.15, 0.2) is 0 Å². The van der Waals surface area contributed by atoms with Crippen LogP contribution >= 0.6 is 23.2 Å². The van der Waals surface area contributed by atoms with Gasteiger partial charge in [0.25, 0.3) is 5.91 Å². The van der Waals surface area contributed by atoms with Crippen LogP contribution in [0.2, 0.25) is 10.0 Å². The van der Waals surface area contributed by atoms with Gasteiger partial charge in [0.05, 0.1) is 5.69 Å². The zero-order valence-electron chi connectivity index (χ0n) is 9.43. The molecular formula is C11H10Cl2N2O3. The van der Waals surface area contributed by atoms with Crippen LogP contribution in [0.5, 0.6) is 0 Å². The maximum Gasteiger partial charge on any atom is 0.333 e. The van der Waals surface area contributed by atoms with Gasteiger partial charge in [-0.2, -0.15) is 0 Å². The Labute approximate surface area is 113 Å². The number of nitrogens with zero attached hydrogens (tertiary/aromatic N) is 2. The van der Waals surface area contributed by atoms with Gasteiger partial charge in [-0.15, -0.1) is 0 Å². The monoisotopic (exact) mass is 288 g/mol. The molecule has 96 valence electrons. The summed E-state index contributed by atoms with van der Waals surface area (Å²) >= 11 is 11.7. The molecule has 7 heteroatoms. The zero-order valence-corrected chi connectivity index (χ0v) is 10.9. The molecular weight excluding hydrogens is 279 g/mol. The summed E-state index contributed by atoms with van der Waals surface area (Å²) in [5.41, 5.74) is 0.297. The fourth-order valence-corrected chi connectivity index (χ4v) is 2.31. The van der Waals surface area contributed by atoms with Crippen molar-refractivity contribution in [2.45, 2.75) is 13.0 Å². The maximum absolute atomic E-state index is 12.0. The van der Waals surface area contributed by atoms with E-state index in [1.54, 1.807) is 6.92 Å². The van der Waals surface area contributed by atoms with Crippen molar-refractivity contribution in [2.75, 3.05) is 11.6 Å². The molecule has 1 unspecified atom stereocenters. The average molecular weight is 289 g/mol. The number of amides is 3. The first-order valence-corrected chi connectivity index (χ1v) is 5.93. The van der Waals surface area contributed by atoms with Crippen molar-refractivity contribution in [1.82, 2.24) is 4.90 Å². The van der Waals surface area contributed by atoms with Crippen molar-refractivity contribution in [3.63, 3.8) is 0 Å². The van der Waals surface area contributed by atoms with E-state index >= 15 is 0 Å². The van der Waals surface area contributed by atoms with E-state index in [1.807, 2.05) is 0 Å². The van der Waals surface area contributed by atoms with Crippen LogP contribution in [0.1, 0.15) is 6.92 Å². The Bertz CT molecular complexity index is 501. The van der Waals surface area contributed by atoms with Gasteiger partial charge in [-0.25, -0.2) is 9.69 Å². The van der Waals surface area contributed by atoms with Crippen molar-refractivity contribution >= 4 is 40.8 Å². The number of imide groups is 1. The maximum atomic E-state index is 12.0. The van der Waals surface area contributed by atoms with Crippen LogP contribution < -0.4 is 4.90 Å². The Balaban J connectivity index is 2.44. The van der Waals surface area contributed by atoms with Crippen molar-refractivity contribution in [2.24, 2.45) is 0 Å². The molecule has 2 rings (SSSR count). The van der Waals surface area contributed by atoms with E-state index in [0.29, 0.717) is 15.7 Å². The largest absolute Gasteiger partial charge is 0.376 e. The third kappa shape index (κ3) is 2.05. The molecule has 1 N–H and O–H groups in total. The third-order valence-corrected chi connectivity index (χ3v) is 3.18. The zero-order chi connectivity index (χ0) is 13.4. The molecule has 0 aromatic heterocycles. The van der Waals surface area contributed by atoms with Gasteiger partial charge in [0.1, 0.15) is 12.8 Å². The van der Waals surface area contributed by atoms with Crippen LogP contribution in [-0.2, 0) is 4.79 Å². The SMILES string of the molecule is CC1C(=O)N(c2cc(Cl)cc(Cl)c2)C(=O)N1CO. The second-order valence-electron chi connectivity index (χ2n) is 3.87. The van der Waals surface area contributed by atoms with Crippen molar-refractivity contribution in [1.29, 1.82) is 0 Å². The molecule has 1 heterocycles. The summed E-state index contributed by atoms with van der Waals surface area (Å²) < 4.78 is 0. The van der Waals surface area contributed by atoms with Crippen LogP contribution in [0.25, 0.3) is 0 Å². The summed E-state index contributed by atoms with van der Waals surface area (Å²) in [4.78, 5) is 25.9. The number of aliphatic hydroxyl groups is 1. The van der Waals surface area contributed by atoms with E-state index < -0.39 is 24.7 Å². The van der Waals surface area contributed by atoms with Crippen molar-refractivity contribution in [3.05, 3.63) is 28.2 Å². The minimum Gasteiger partial charge on any atom is -0.376 e. The number of carbonyl (C=O) groups excluding carboxylic acids is 2. The average Bonchev–Trinajstić information content (AvgIpc) is 2.48. The number of hydrogen-bond acceptors (Lipinski definition) is 3. The van der Waals surface area contributed by atoms with E-state index in [0.717, 1.165) is 9.80 Å². The summed E-state index contributed by atoms with van der Waals surface area (Å²) in [5.74, 6) is -0.424. The molecule has 5 nitrogen and oxygen atoms in total. The number of anilines is 1. The van der Waals surface area contributed by atoms with E-state index in [2.05, 4.69) is 0 Å². The summed E-state index contributed by atoms with van der Waals surface area (Å²) in [6.07, 6.45) is 0. The highest BCUT2D eigenvalue weighted by Gasteiger charge is 2.43. The first-order valence-electron chi connectivity index (χ1n) is 5.17. The highest BCUT2D eigenvalue weighted by atomic mass is 35.5. The summed E-state index contributed by atoms with van der Waals surface area (Å²) in [5, 5.41) is 9.73. The molecule has 18 heavy (non-hydrogen) atoms. The van der Waals surface area contributed by atoms with E-state index in [4.69, 9.17) is 28.3 Å². The normalized spacial score (nSPS) is 19.9. The van der Waals surface area contributed by atoms with Crippen LogP contribution in [0.4, 0.5) is 10.5 Å². The Morgan fingerprint density at radius 3 is 2.22 bits per heavy atom. The first-order chi connectivity index (χ1) is 8.45. The lowest BCUT2D eigenvalue weighted by atomic mass is 10.2. The van der Waals surface area contributed by atoms with Crippen molar-refractivity contribution in [3.8, 4) is 0 Å². The highest BCUT2D eigenvalue weighted by Crippen LogP contribution is 2.30. The lowest BCUT2D eigenvalue weighted by Crippen LogP contribution is -2.34. The predicted octanol–water partition coefficient (Wildman–Crippen LogP) is 2.10. The smallest absolute Gasteiger partial charge is 0.333 e. The second-order valence-corrected chi connectivity index (χ2v) is 4.74. The molecule has 0 saturated carbocycles. The molecule has 3 amide bonds. The second kappa shape index (κ2) is 4.76. The fourth-order valence-electron chi connectivity index (χ4n) is 1.80. The molecule has 1 aromatic carbocycles. The minimum absolute atomic E-state index is 0.297. The number of benzene rings is 1. The quantitative estimate of drug-likeness (QED) is 0.848. The molecule has 1 atom stereocenters. The van der Waals surface area contributed by atoms with Gasteiger partial charge in [-0.05, 0) is 25.1 Å². The summed E-state index contributed by atoms with van der Waals surface area (Å²) in [6.45, 7) is 1.03. The lowest BCUT2D eigenvalue weighted by Gasteiger charge is -2.16. The Morgan fingerprint density at radius 1 is 1.22 bits per heavy atom. The lowest BCUT2D eigenvalue weighted by molar-refractivity contribution is -0.119. The van der Waals surface area contributed by atoms with Gasteiger partial charge in [-0.1, -0.05) is 23.2 Å².